The number of hydrogen-bond donors (Lipinski definition) is 1. The minimum Gasteiger partial charge on any atom is -0.354 e. The molecule has 1 saturated heterocycles. The van der Waals surface area contributed by atoms with Gasteiger partial charge in [-0.3, -0.25) is 4.90 Å². The maximum Gasteiger partial charge on any atom is 0.203 e. The molecule has 114 valence electrons. The first-order chi connectivity index (χ1) is 9.60. The van der Waals surface area contributed by atoms with Gasteiger partial charge in [-0.05, 0) is 27.4 Å². The minimum absolute atomic E-state index is 0.561. The molecule has 1 fully saturated rings. The van der Waals surface area contributed by atoms with E-state index in [0.29, 0.717) is 6.04 Å². The van der Waals surface area contributed by atoms with Crippen LogP contribution in [-0.2, 0) is 6.54 Å². The molecule has 1 aromatic rings. The van der Waals surface area contributed by atoms with Crippen molar-refractivity contribution in [3.63, 3.8) is 0 Å². The summed E-state index contributed by atoms with van der Waals surface area (Å²) in [6, 6.07) is 0.561. The van der Waals surface area contributed by atoms with Gasteiger partial charge in [-0.25, -0.2) is 4.98 Å². The molecule has 1 aromatic heterocycles. The molecule has 0 radical (unpaired) electrons. The van der Waals surface area contributed by atoms with E-state index in [4.69, 9.17) is 0 Å². The SMILES string of the molecule is CCCCn1cc(C)nc1NCC1CN(C)CCN1C. The Bertz CT molecular complexity index is 414. The lowest BCUT2D eigenvalue weighted by Gasteiger charge is -2.37. The van der Waals surface area contributed by atoms with Crippen molar-refractivity contribution in [2.45, 2.75) is 39.3 Å². The highest BCUT2D eigenvalue weighted by Crippen LogP contribution is 2.12. The van der Waals surface area contributed by atoms with Crippen LogP contribution in [0.15, 0.2) is 6.20 Å². The lowest BCUT2D eigenvalue weighted by atomic mass is 10.2. The van der Waals surface area contributed by atoms with Crippen molar-refractivity contribution in [1.82, 2.24) is 19.4 Å². The number of nitrogens with one attached hydrogen (secondary N) is 1. The normalized spacial score (nSPS) is 21.3. The predicted octanol–water partition coefficient (Wildman–Crippen LogP) is 1.65. The summed E-state index contributed by atoms with van der Waals surface area (Å²) < 4.78 is 2.26. The zero-order valence-corrected chi connectivity index (χ0v) is 13.4. The number of unbranched alkanes of at least 4 members (excludes halogenated alkanes) is 1. The average molecular weight is 279 g/mol. The van der Waals surface area contributed by atoms with Gasteiger partial charge in [-0.15, -0.1) is 0 Å². The van der Waals surface area contributed by atoms with Crippen LogP contribution in [0.5, 0.6) is 0 Å². The van der Waals surface area contributed by atoms with Gasteiger partial charge in [0.05, 0.1) is 5.69 Å². The maximum atomic E-state index is 4.61. The van der Waals surface area contributed by atoms with Gasteiger partial charge in [-0.2, -0.15) is 0 Å². The number of aromatic nitrogens is 2. The molecular weight excluding hydrogens is 250 g/mol. The topological polar surface area (TPSA) is 36.3 Å². The molecule has 1 unspecified atom stereocenters. The van der Waals surface area contributed by atoms with Crippen molar-refractivity contribution in [3.8, 4) is 0 Å². The molecule has 5 nitrogen and oxygen atoms in total. The highest BCUT2D eigenvalue weighted by Gasteiger charge is 2.22. The second kappa shape index (κ2) is 7.09. The van der Waals surface area contributed by atoms with E-state index < -0.39 is 0 Å². The van der Waals surface area contributed by atoms with Crippen molar-refractivity contribution in [1.29, 1.82) is 0 Å². The molecule has 1 N–H and O–H groups in total. The Morgan fingerprint density at radius 1 is 1.35 bits per heavy atom. The van der Waals surface area contributed by atoms with Crippen molar-refractivity contribution >= 4 is 5.95 Å². The van der Waals surface area contributed by atoms with Gasteiger partial charge in [0.2, 0.25) is 5.95 Å². The summed E-state index contributed by atoms with van der Waals surface area (Å²) >= 11 is 0. The minimum atomic E-state index is 0.561. The van der Waals surface area contributed by atoms with Crippen LogP contribution in [0.1, 0.15) is 25.5 Å². The van der Waals surface area contributed by atoms with E-state index in [2.05, 4.69) is 58.8 Å². The third-order valence-corrected chi connectivity index (χ3v) is 4.13. The van der Waals surface area contributed by atoms with E-state index in [9.17, 15) is 0 Å². The second-order valence-electron chi connectivity index (χ2n) is 6.03. The van der Waals surface area contributed by atoms with Crippen molar-refractivity contribution in [2.24, 2.45) is 0 Å². The summed E-state index contributed by atoms with van der Waals surface area (Å²) in [5.41, 5.74) is 1.10. The van der Waals surface area contributed by atoms with Gasteiger partial charge in [-0.1, -0.05) is 13.3 Å². The Morgan fingerprint density at radius 3 is 2.90 bits per heavy atom. The zero-order valence-electron chi connectivity index (χ0n) is 13.4. The van der Waals surface area contributed by atoms with Crippen LogP contribution in [-0.4, -0.2) is 65.7 Å². The Balaban J connectivity index is 1.92. The number of likely N-dealkylation sites (N-methyl/N-ethyl adjacent to an activating group) is 2. The fraction of sp³-hybridized carbons (Fsp3) is 0.800. The van der Waals surface area contributed by atoms with Crippen LogP contribution in [0.4, 0.5) is 5.95 Å². The number of imidazole rings is 1. The third kappa shape index (κ3) is 3.96. The quantitative estimate of drug-likeness (QED) is 0.859. The van der Waals surface area contributed by atoms with E-state index in [1.807, 2.05) is 0 Å². The van der Waals surface area contributed by atoms with Gasteiger partial charge < -0.3 is 14.8 Å². The van der Waals surface area contributed by atoms with Crippen LogP contribution in [0.3, 0.4) is 0 Å². The average Bonchev–Trinajstić information content (AvgIpc) is 2.77. The van der Waals surface area contributed by atoms with Crippen LogP contribution >= 0.6 is 0 Å². The highest BCUT2D eigenvalue weighted by molar-refractivity contribution is 5.29. The largest absolute Gasteiger partial charge is 0.354 e. The number of anilines is 1. The number of aryl methyl sites for hydroxylation is 2. The smallest absolute Gasteiger partial charge is 0.203 e. The van der Waals surface area contributed by atoms with Crippen LogP contribution in [0.25, 0.3) is 0 Å². The maximum absolute atomic E-state index is 4.61. The fourth-order valence-corrected chi connectivity index (χ4v) is 2.72. The molecule has 20 heavy (non-hydrogen) atoms. The summed E-state index contributed by atoms with van der Waals surface area (Å²) in [5.74, 6) is 1.03. The number of hydrogen-bond acceptors (Lipinski definition) is 4. The monoisotopic (exact) mass is 279 g/mol. The van der Waals surface area contributed by atoms with Crippen LogP contribution < -0.4 is 5.32 Å². The van der Waals surface area contributed by atoms with Gasteiger partial charge in [0.25, 0.3) is 0 Å². The molecule has 0 aromatic carbocycles. The molecule has 1 atom stereocenters. The summed E-state index contributed by atoms with van der Waals surface area (Å²) in [5, 5.41) is 3.55. The van der Waals surface area contributed by atoms with Gasteiger partial charge in [0.15, 0.2) is 0 Å². The molecular formula is C15H29N5. The molecule has 1 aliphatic heterocycles. The van der Waals surface area contributed by atoms with Gasteiger partial charge in [0.1, 0.15) is 0 Å². The summed E-state index contributed by atoms with van der Waals surface area (Å²) in [6.45, 7) is 9.74. The second-order valence-corrected chi connectivity index (χ2v) is 6.03. The first-order valence-electron chi connectivity index (χ1n) is 7.76. The molecule has 2 rings (SSSR count). The van der Waals surface area contributed by atoms with Crippen LogP contribution in [0.2, 0.25) is 0 Å². The van der Waals surface area contributed by atoms with Crippen molar-refractivity contribution < 1.29 is 0 Å². The van der Waals surface area contributed by atoms with E-state index in [0.717, 1.165) is 44.4 Å². The lowest BCUT2D eigenvalue weighted by Crippen LogP contribution is -2.52. The van der Waals surface area contributed by atoms with Crippen molar-refractivity contribution in [3.05, 3.63) is 11.9 Å². The summed E-state index contributed by atoms with van der Waals surface area (Å²) in [4.78, 5) is 9.46. The molecule has 0 amide bonds. The van der Waals surface area contributed by atoms with Crippen molar-refractivity contribution in [2.75, 3.05) is 45.6 Å². The number of rotatable bonds is 6. The molecule has 0 bridgehead atoms. The molecule has 0 aliphatic carbocycles. The van der Waals surface area contributed by atoms with Gasteiger partial charge >= 0.3 is 0 Å². The highest BCUT2D eigenvalue weighted by atomic mass is 15.3. The Morgan fingerprint density at radius 2 is 2.15 bits per heavy atom. The van der Waals surface area contributed by atoms with E-state index in [-0.39, 0.29) is 0 Å². The van der Waals surface area contributed by atoms with Crippen LogP contribution in [0, 0.1) is 6.92 Å². The van der Waals surface area contributed by atoms with E-state index >= 15 is 0 Å². The molecule has 2 heterocycles. The number of piperazine rings is 1. The lowest BCUT2D eigenvalue weighted by molar-refractivity contribution is 0.121. The molecule has 0 saturated carbocycles. The Labute approximate surface area is 123 Å². The van der Waals surface area contributed by atoms with E-state index in [1.165, 1.54) is 12.8 Å². The molecule has 5 heteroatoms. The van der Waals surface area contributed by atoms with E-state index in [1.54, 1.807) is 0 Å². The number of nitrogens with zero attached hydrogens (tertiary/aromatic N) is 4. The third-order valence-electron chi connectivity index (χ3n) is 4.13. The summed E-state index contributed by atoms with van der Waals surface area (Å²) in [7, 11) is 4.42. The van der Waals surface area contributed by atoms with Gasteiger partial charge in [0, 0.05) is 45.0 Å². The summed E-state index contributed by atoms with van der Waals surface area (Å²) in [6.07, 6.45) is 4.57. The Hall–Kier alpha value is -1.07. The first-order valence-corrected chi connectivity index (χ1v) is 7.76. The standard InChI is InChI=1S/C15H29N5/c1-5-6-7-20-11-13(2)17-15(20)16-10-14-12-18(3)8-9-19(14)4/h11,14H,5-10,12H2,1-4H3,(H,16,17). The molecule has 1 aliphatic rings. The Kier molecular flexibility index (Phi) is 5.43. The first kappa shape index (κ1) is 15.3. The zero-order chi connectivity index (χ0) is 14.5. The predicted molar refractivity (Wildman–Crippen MR) is 84.3 cm³/mol. The fourth-order valence-electron chi connectivity index (χ4n) is 2.72. The molecule has 0 spiro atoms.